The molecule has 2 rings (SSSR count). The van der Waals surface area contributed by atoms with Crippen molar-refractivity contribution in [1.29, 1.82) is 0 Å². The lowest BCUT2D eigenvalue weighted by molar-refractivity contribution is -0.885. The monoisotopic (exact) mass is 398 g/mol. The van der Waals surface area contributed by atoms with Crippen molar-refractivity contribution in [2.75, 3.05) is 24.2 Å². The number of hydrogen-bond acceptors (Lipinski definition) is 2. The van der Waals surface area contributed by atoms with Crippen molar-refractivity contribution in [2.24, 2.45) is 0 Å². The molecule has 0 bridgehead atoms. The van der Waals surface area contributed by atoms with Gasteiger partial charge < -0.3 is 15.5 Å². The molecule has 3 N–H and O–H groups in total. The molecule has 0 heterocycles. The Balaban J connectivity index is 1.96. The highest BCUT2D eigenvalue weighted by Crippen LogP contribution is 2.34. The Bertz CT molecular complexity index is 838. The molecule has 0 radical (unpaired) electrons. The van der Waals surface area contributed by atoms with E-state index in [4.69, 9.17) is 0 Å². The molecule has 28 heavy (non-hydrogen) atoms. The lowest BCUT2D eigenvalue weighted by Crippen LogP contribution is -3.14. The highest BCUT2D eigenvalue weighted by Gasteiger charge is 2.34. The minimum atomic E-state index is -4.59. The minimum Gasteiger partial charge on any atom is -0.321 e. The van der Waals surface area contributed by atoms with Crippen LogP contribution >= 0.6 is 0 Å². The van der Waals surface area contributed by atoms with Crippen LogP contribution in [0, 0.1) is 5.82 Å². The predicted molar refractivity (Wildman–Crippen MR) is 96.3 cm³/mol. The lowest BCUT2D eigenvalue weighted by atomic mass is 10.1. The van der Waals surface area contributed by atoms with Crippen LogP contribution < -0.4 is 15.5 Å². The SMILES string of the molecule is C[C@H](C(=O)Nc1ccc(F)cc1)[NH+](C)CC(=O)Nc1ccccc1C(F)(F)F. The Hall–Kier alpha value is -2.94. The fourth-order valence-corrected chi connectivity index (χ4v) is 2.45. The van der Waals surface area contributed by atoms with Crippen molar-refractivity contribution in [3.63, 3.8) is 0 Å². The maximum Gasteiger partial charge on any atom is 0.418 e. The summed E-state index contributed by atoms with van der Waals surface area (Å²) in [7, 11) is 1.57. The van der Waals surface area contributed by atoms with Crippen molar-refractivity contribution in [1.82, 2.24) is 0 Å². The number of amides is 2. The number of rotatable bonds is 6. The van der Waals surface area contributed by atoms with Crippen LogP contribution in [0.15, 0.2) is 48.5 Å². The van der Waals surface area contributed by atoms with E-state index >= 15 is 0 Å². The van der Waals surface area contributed by atoms with Crippen LogP contribution in [-0.2, 0) is 15.8 Å². The number of para-hydroxylation sites is 1. The molecule has 0 spiro atoms. The highest BCUT2D eigenvalue weighted by atomic mass is 19.4. The topological polar surface area (TPSA) is 62.6 Å². The van der Waals surface area contributed by atoms with Gasteiger partial charge in [0.2, 0.25) is 0 Å². The van der Waals surface area contributed by atoms with Gasteiger partial charge in [-0.15, -0.1) is 0 Å². The van der Waals surface area contributed by atoms with Gasteiger partial charge in [-0.25, -0.2) is 4.39 Å². The van der Waals surface area contributed by atoms with Gasteiger partial charge in [-0.1, -0.05) is 12.1 Å². The fraction of sp³-hybridized carbons (Fsp3) is 0.263. The van der Waals surface area contributed by atoms with Crippen molar-refractivity contribution in [2.45, 2.75) is 19.1 Å². The van der Waals surface area contributed by atoms with E-state index in [-0.39, 0.29) is 12.2 Å². The normalized spacial score (nSPS) is 13.5. The number of benzene rings is 2. The average molecular weight is 398 g/mol. The van der Waals surface area contributed by atoms with Crippen LogP contribution in [0.2, 0.25) is 0 Å². The molecular formula is C19H20F4N3O2+. The van der Waals surface area contributed by atoms with Crippen LogP contribution in [0.3, 0.4) is 0 Å². The van der Waals surface area contributed by atoms with E-state index in [1.165, 1.54) is 42.5 Å². The number of nitrogens with one attached hydrogen (secondary N) is 3. The first-order valence-corrected chi connectivity index (χ1v) is 8.42. The van der Waals surface area contributed by atoms with Crippen molar-refractivity contribution < 1.29 is 32.1 Å². The molecule has 1 unspecified atom stereocenters. The Morgan fingerprint density at radius 1 is 1.04 bits per heavy atom. The third kappa shape index (κ3) is 5.78. The van der Waals surface area contributed by atoms with E-state index in [2.05, 4.69) is 10.6 Å². The molecule has 2 amide bonds. The summed E-state index contributed by atoms with van der Waals surface area (Å²) in [6, 6.07) is 9.19. The Morgan fingerprint density at radius 2 is 1.64 bits per heavy atom. The van der Waals surface area contributed by atoms with E-state index in [0.717, 1.165) is 6.07 Å². The number of anilines is 2. The summed E-state index contributed by atoms with van der Waals surface area (Å²) >= 11 is 0. The lowest BCUT2D eigenvalue weighted by Gasteiger charge is -2.21. The zero-order chi connectivity index (χ0) is 20.9. The number of carbonyl (C=O) groups is 2. The maximum atomic E-state index is 13.0. The first-order valence-electron chi connectivity index (χ1n) is 8.42. The van der Waals surface area contributed by atoms with Gasteiger partial charge in [0.15, 0.2) is 12.6 Å². The molecule has 5 nitrogen and oxygen atoms in total. The quantitative estimate of drug-likeness (QED) is 0.654. The first-order chi connectivity index (χ1) is 13.1. The second kappa shape index (κ2) is 8.83. The molecule has 2 atom stereocenters. The third-order valence-electron chi connectivity index (χ3n) is 4.19. The Kier molecular flexibility index (Phi) is 6.74. The predicted octanol–water partition coefficient (Wildman–Crippen LogP) is 2.32. The van der Waals surface area contributed by atoms with E-state index in [0.29, 0.717) is 10.6 Å². The van der Waals surface area contributed by atoms with Crippen LogP contribution in [0.4, 0.5) is 28.9 Å². The van der Waals surface area contributed by atoms with Gasteiger partial charge in [0.1, 0.15) is 5.82 Å². The molecule has 0 aliphatic rings. The first kappa shape index (κ1) is 21.4. The Labute approximate surface area is 159 Å². The number of hydrogen-bond donors (Lipinski definition) is 3. The van der Waals surface area contributed by atoms with Gasteiger partial charge in [0, 0.05) is 5.69 Å². The second-order valence-electron chi connectivity index (χ2n) is 6.33. The van der Waals surface area contributed by atoms with Gasteiger partial charge in [0.05, 0.1) is 18.3 Å². The summed E-state index contributed by atoms with van der Waals surface area (Å²) in [5.41, 5.74) is -0.881. The molecule has 0 aromatic heterocycles. The van der Waals surface area contributed by atoms with Crippen molar-refractivity contribution in [3.8, 4) is 0 Å². The van der Waals surface area contributed by atoms with Gasteiger partial charge >= 0.3 is 6.18 Å². The van der Waals surface area contributed by atoms with Crippen LogP contribution in [0.1, 0.15) is 12.5 Å². The van der Waals surface area contributed by atoms with E-state index in [1.807, 2.05) is 0 Å². The minimum absolute atomic E-state index is 0.218. The van der Waals surface area contributed by atoms with Crippen LogP contribution in [-0.4, -0.2) is 31.4 Å². The van der Waals surface area contributed by atoms with E-state index in [1.54, 1.807) is 14.0 Å². The molecule has 150 valence electrons. The molecule has 9 heteroatoms. The number of quaternary nitrogens is 1. The zero-order valence-electron chi connectivity index (χ0n) is 15.2. The molecular weight excluding hydrogens is 378 g/mol. The molecule has 0 aliphatic carbocycles. The fourth-order valence-electron chi connectivity index (χ4n) is 2.45. The number of halogens is 4. The van der Waals surface area contributed by atoms with Crippen LogP contribution in [0.25, 0.3) is 0 Å². The molecule has 0 saturated carbocycles. The Morgan fingerprint density at radius 3 is 2.25 bits per heavy atom. The summed E-state index contributed by atoms with van der Waals surface area (Å²) in [4.78, 5) is 24.9. The smallest absolute Gasteiger partial charge is 0.321 e. The summed E-state index contributed by atoms with van der Waals surface area (Å²) in [6.07, 6.45) is -4.59. The number of alkyl halides is 3. The van der Waals surface area contributed by atoms with Crippen LogP contribution in [0.5, 0.6) is 0 Å². The molecule has 0 aliphatic heterocycles. The average Bonchev–Trinajstić information content (AvgIpc) is 2.62. The standard InChI is InChI=1S/C19H19F4N3O2/c1-12(18(28)24-14-9-7-13(20)8-10-14)26(2)11-17(27)25-16-6-4-3-5-15(16)19(21,22)23/h3-10,12H,11H2,1-2H3,(H,24,28)(H,25,27)/p+1/t12-/m1/s1. The number of likely N-dealkylation sites (N-methyl/N-ethyl adjacent to an activating group) is 1. The molecule has 0 saturated heterocycles. The molecule has 2 aromatic rings. The van der Waals surface area contributed by atoms with E-state index < -0.39 is 35.4 Å². The van der Waals surface area contributed by atoms with Gasteiger partial charge in [0.25, 0.3) is 11.8 Å². The summed E-state index contributed by atoms with van der Waals surface area (Å²) in [5, 5.41) is 4.84. The number of carbonyl (C=O) groups excluding carboxylic acids is 2. The third-order valence-corrected chi connectivity index (χ3v) is 4.19. The van der Waals surface area contributed by atoms with Crippen molar-refractivity contribution >= 4 is 23.2 Å². The van der Waals surface area contributed by atoms with E-state index in [9.17, 15) is 27.2 Å². The zero-order valence-corrected chi connectivity index (χ0v) is 15.2. The van der Waals surface area contributed by atoms with Gasteiger partial charge in [-0.3, -0.25) is 9.59 Å². The second-order valence-corrected chi connectivity index (χ2v) is 6.33. The van der Waals surface area contributed by atoms with Gasteiger partial charge in [-0.05, 0) is 43.3 Å². The van der Waals surface area contributed by atoms with Crippen molar-refractivity contribution in [3.05, 3.63) is 59.9 Å². The summed E-state index contributed by atoms with van der Waals surface area (Å²) in [5.74, 6) is -1.51. The maximum absolute atomic E-state index is 13.0. The molecule has 2 aromatic carbocycles. The summed E-state index contributed by atoms with van der Waals surface area (Å²) in [6.45, 7) is 1.36. The largest absolute Gasteiger partial charge is 0.418 e. The summed E-state index contributed by atoms with van der Waals surface area (Å²) < 4.78 is 51.9. The highest BCUT2D eigenvalue weighted by molar-refractivity contribution is 5.94. The van der Waals surface area contributed by atoms with Gasteiger partial charge in [-0.2, -0.15) is 13.2 Å². The molecule has 0 fully saturated rings.